The Morgan fingerprint density at radius 2 is 2.22 bits per heavy atom. The molecule has 1 aliphatic heterocycles. The number of carbonyl (C=O) groups is 1. The second-order valence-corrected chi connectivity index (χ2v) is 4.39. The lowest BCUT2D eigenvalue weighted by atomic mass is 10.1. The number of rotatable bonds is 1. The number of amides is 1. The quantitative estimate of drug-likeness (QED) is 0.822. The number of likely N-dealkylation sites (tertiary alicyclic amines) is 1. The van der Waals surface area contributed by atoms with Crippen LogP contribution in [0.3, 0.4) is 0 Å². The number of hydrogen-bond acceptors (Lipinski definition) is 3. The molecule has 1 saturated heterocycles. The molecule has 2 heterocycles. The first-order valence-electron chi connectivity index (χ1n) is 5.67. The summed E-state index contributed by atoms with van der Waals surface area (Å²) in [5.74, 6) is -0.747. The molecule has 2 aromatic rings. The molecule has 0 unspecified atom stereocenters. The van der Waals surface area contributed by atoms with Gasteiger partial charge < -0.3 is 10.0 Å². The summed E-state index contributed by atoms with van der Waals surface area (Å²) in [6, 6.07) is 5.96. The SMILES string of the molecule is O=C(c1cc(F)cc2cccnc12)N1CC(O)C1. The number of benzene rings is 1. The molecule has 5 heteroatoms. The van der Waals surface area contributed by atoms with Crippen molar-refractivity contribution < 1.29 is 14.3 Å². The number of β-amino-alcohol motifs (C(OH)–C–C–N with tert-alkyl or cyclic N) is 1. The van der Waals surface area contributed by atoms with Crippen LogP contribution in [0.2, 0.25) is 0 Å². The molecule has 0 radical (unpaired) electrons. The summed E-state index contributed by atoms with van der Waals surface area (Å²) in [4.78, 5) is 17.8. The van der Waals surface area contributed by atoms with Gasteiger partial charge in [0.05, 0.1) is 17.2 Å². The van der Waals surface area contributed by atoms with Gasteiger partial charge in [-0.3, -0.25) is 9.78 Å². The van der Waals surface area contributed by atoms with Crippen LogP contribution >= 0.6 is 0 Å². The number of fused-ring (bicyclic) bond motifs is 1. The average Bonchev–Trinajstić information content (AvgIpc) is 2.33. The Hall–Kier alpha value is -2.01. The first-order valence-corrected chi connectivity index (χ1v) is 5.67. The summed E-state index contributed by atoms with van der Waals surface area (Å²) in [5, 5.41) is 9.80. The molecule has 18 heavy (non-hydrogen) atoms. The predicted molar refractivity (Wildman–Crippen MR) is 63.6 cm³/mol. The van der Waals surface area contributed by atoms with Crippen LogP contribution < -0.4 is 0 Å². The van der Waals surface area contributed by atoms with Crippen molar-refractivity contribution in [2.24, 2.45) is 0 Å². The Bertz CT molecular complexity index is 623. The van der Waals surface area contributed by atoms with Crippen LogP contribution in [0, 0.1) is 5.82 Å². The average molecular weight is 246 g/mol. The van der Waals surface area contributed by atoms with Gasteiger partial charge in [0.25, 0.3) is 5.91 Å². The third-order valence-electron chi connectivity index (χ3n) is 3.05. The van der Waals surface area contributed by atoms with Gasteiger partial charge in [0.15, 0.2) is 0 Å². The number of carbonyl (C=O) groups excluding carboxylic acids is 1. The van der Waals surface area contributed by atoms with E-state index in [1.807, 2.05) is 0 Å². The van der Waals surface area contributed by atoms with Crippen LogP contribution in [0.5, 0.6) is 0 Å². The molecule has 0 aliphatic carbocycles. The molecule has 1 aromatic carbocycles. The van der Waals surface area contributed by atoms with Crippen LogP contribution in [0.1, 0.15) is 10.4 Å². The van der Waals surface area contributed by atoms with E-state index >= 15 is 0 Å². The first-order chi connectivity index (χ1) is 8.65. The third-order valence-corrected chi connectivity index (χ3v) is 3.05. The van der Waals surface area contributed by atoms with Crippen LogP contribution in [0.4, 0.5) is 4.39 Å². The van der Waals surface area contributed by atoms with Gasteiger partial charge in [0.1, 0.15) is 5.82 Å². The topological polar surface area (TPSA) is 53.4 Å². The highest BCUT2D eigenvalue weighted by atomic mass is 19.1. The second-order valence-electron chi connectivity index (χ2n) is 4.39. The Morgan fingerprint density at radius 1 is 1.44 bits per heavy atom. The van der Waals surface area contributed by atoms with Crippen LogP contribution in [0.15, 0.2) is 30.5 Å². The lowest BCUT2D eigenvalue weighted by Crippen LogP contribution is -2.53. The van der Waals surface area contributed by atoms with Gasteiger partial charge in [-0.1, -0.05) is 6.07 Å². The normalized spacial score (nSPS) is 15.8. The van der Waals surface area contributed by atoms with Crippen molar-refractivity contribution in [1.82, 2.24) is 9.88 Å². The monoisotopic (exact) mass is 246 g/mol. The minimum absolute atomic E-state index is 0.248. The largest absolute Gasteiger partial charge is 0.389 e. The summed E-state index contributed by atoms with van der Waals surface area (Å²) >= 11 is 0. The van der Waals surface area contributed by atoms with Crippen molar-refractivity contribution in [2.75, 3.05) is 13.1 Å². The van der Waals surface area contributed by atoms with Crippen molar-refractivity contribution in [1.29, 1.82) is 0 Å². The number of aromatic nitrogens is 1. The standard InChI is InChI=1S/C13H11FN2O2/c14-9-4-8-2-1-3-15-12(8)11(5-9)13(18)16-6-10(17)7-16/h1-5,10,17H,6-7H2. The van der Waals surface area contributed by atoms with Crippen molar-refractivity contribution in [2.45, 2.75) is 6.10 Å². The van der Waals surface area contributed by atoms with E-state index in [0.717, 1.165) is 0 Å². The van der Waals surface area contributed by atoms with Crippen molar-refractivity contribution in [3.8, 4) is 0 Å². The molecule has 1 fully saturated rings. The Kier molecular flexibility index (Phi) is 2.48. The molecular formula is C13H11FN2O2. The highest BCUT2D eigenvalue weighted by Crippen LogP contribution is 2.22. The van der Waals surface area contributed by atoms with E-state index in [-0.39, 0.29) is 11.5 Å². The van der Waals surface area contributed by atoms with E-state index in [2.05, 4.69) is 4.98 Å². The van der Waals surface area contributed by atoms with E-state index in [0.29, 0.717) is 24.0 Å². The second kappa shape index (κ2) is 4.03. The van der Waals surface area contributed by atoms with Crippen LogP contribution in [-0.4, -0.2) is 40.1 Å². The minimum Gasteiger partial charge on any atom is -0.389 e. The van der Waals surface area contributed by atoms with Crippen molar-refractivity contribution in [3.05, 3.63) is 41.8 Å². The number of aliphatic hydroxyl groups excluding tert-OH is 1. The molecule has 0 spiro atoms. The van der Waals surface area contributed by atoms with Crippen molar-refractivity contribution in [3.63, 3.8) is 0 Å². The Morgan fingerprint density at radius 3 is 2.94 bits per heavy atom. The summed E-state index contributed by atoms with van der Waals surface area (Å²) in [5.41, 5.74) is 0.739. The van der Waals surface area contributed by atoms with E-state index in [4.69, 9.17) is 0 Å². The molecule has 1 amide bonds. The zero-order valence-corrected chi connectivity index (χ0v) is 9.51. The summed E-state index contributed by atoms with van der Waals surface area (Å²) < 4.78 is 13.5. The van der Waals surface area contributed by atoms with E-state index < -0.39 is 11.9 Å². The van der Waals surface area contributed by atoms with Crippen LogP contribution in [-0.2, 0) is 0 Å². The molecule has 0 bridgehead atoms. The molecule has 0 atom stereocenters. The number of aliphatic hydroxyl groups is 1. The lowest BCUT2D eigenvalue weighted by molar-refractivity contribution is 0.00599. The highest BCUT2D eigenvalue weighted by Gasteiger charge is 2.30. The van der Waals surface area contributed by atoms with Gasteiger partial charge in [-0.2, -0.15) is 0 Å². The molecule has 3 rings (SSSR count). The summed E-state index contributed by atoms with van der Waals surface area (Å²) in [6.45, 7) is 0.591. The third kappa shape index (κ3) is 1.73. The maximum absolute atomic E-state index is 13.5. The van der Waals surface area contributed by atoms with Gasteiger partial charge in [-0.15, -0.1) is 0 Å². The Labute approximate surface area is 103 Å². The molecule has 1 aromatic heterocycles. The van der Waals surface area contributed by atoms with Gasteiger partial charge >= 0.3 is 0 Å². The highest BCUT2D eigenvalue weighted by molar-refractivity contribution is 6.05. The first kappa shape index (κ1) is 11.1. The maximum Gasteiger partial charge on any atom is 0.256 e. The number of hydrogen-bond donors (Lipinski definition) is 1. The molecular weight excluding hydrogens is 235 g/mol. The van der Waals surface area contributed by atoms with E-state index in [1.165, 1.54) is 17.0 Å². The van der Waals surface area contributed by atoms with E-state index in [9.17, 15) is 14.3 Å². The number of nitrogens with zero attached hydrogens (tertiary/aromatic N) is 2. The molecule has 1 N–H and O–H groups in total. The van der Waals surface area contributed by atoms with Crippen LogP contribution in [0.25, 0.3) is 10.9 Å². The number of pyridine rings is 1. The summed E-state index contributed by atoms with van der Waals surface area (Å²) in [7, 11) is 0. The molecule has 4 nitrogen and oxygen atoms in total. The maximum atomic E-state index is 13.5. The minimum atomic E-state index is -0.471. The van der Waals surface area contributed by atoms with Gasteiger partial charge in [-0.05, 0) is 18.2 Å². The lowest BCUT2D eigenvalue weighted by Gasteiger charge is -2.35. The van der Waals surface area contributed by atoms with Gasteiger partial charge in [0, 0.05) is 24.7 Å². The zero-order valence-electron chi connectivity index (χ0n) is 9.51. The summed E-state index contributed by atoms with van der Waals surface area (Å²) in [6.07, 6.45) is 1.10. The Balaban J connectivity index is 2.08. The van der Waals surface area contributed by atoms with Gasteiger partial charge in [0.2, 0.25) is 0 Å². The molecule has 1 aliphatic rings. The van der Waals surface area contributed by atoms with Gasteiger partial charge in [-0.25, -0.2) is 4.39 Å². The fraction of sp³-hybridized carbons (Fsp3) is 0.231. The zero-order chi connectivity index (χ0) is 12.7. The fourth-order valence-corrected chi connectivity index (χ4v) is 2.11. The van der Waals surface area contributed by atoms with Crippen molar-refractivity contribution >= 4 is 16.8 Å². The smallest absolute Gasteiger partial charge is 0.256 e. The number of halogens is 1. The molecule has 0 saturated carbocycles. The molecule has 92 valence electrons. The predicted octanol–water partition coefficient (Wildman–Crippen LogP) is 1.19. The van der Waals surface area contributed by atoms with E-state index in [1.54, 1.807) is 18.3 Å². The fourth-order valence-electron chi connectivity index (χ4n) is 2.11.